The monoisotopic (exact) mass is 132 g/mol. The molecular formula is C5H7ClNO. The van der Waals surface area contributed by atoms with Crippen LogP contribution in [0.3, 0.4) is 0 Å². The Morgan fingerprint density at radius 1 is 1.88 bits per heavy atom. The summed E-state index contributed by atoms with van der Waals surface area (Å²) in [5.74, 6) is -0.319. The zero-order valence-electron chi connectivity index (χ0n) is 4.43. The Morgan fingerprint density at radius 3 is 2.88 bits per heavy atom. The van der Waals surface area contributed by atoms with Crippen LogP contribution in [-0.2, 0) is 4.79 Å². The van der Waals surface area contributed by atoms with Gasteiger partial charge in [0.25, 0.3) is 5.91 Å². The van der Waals surface area contributed by atoms with E-state index in [1.54, 1.807) is 6.08 Å². The minimum Gasteiger partial charge on any atom is -0.272 e. The molecule has 0 aromatic rings. The fourth-order valence-electron chi connectivity index (χ4n) is 0.209. The molecule has 0 atom stereocenters. The van der Waals surface area contributed by atoms with E-state index in [2.05, 4.69) is 11.9 Å². The lowest BCUT2D eigenvalue weighted by Crippen LogP contribution is -2.15. The van der Waals surface area contributed by atoms with Crippen LogP contribution in [0, 0.1) is 0 Å². The molecule has 0 aromatic heterocycles. The maximum atomic E-state index is 10.2. The van der Waals surface area contributed by atoms with Crippen LogP contribution >= 0.6 is 11.6 Å². The normalized spacial score (nSPS) is 8.12. The summed E-state index contributed by atoms with van der Waals surface area (Å²) in [4.78, 5) is 10.2. The molecule has 0 aliphatic heterocycles. The number of rotatable bonds is 3. The topological polar surface area (TPSA) is 31.2 Å². The molecule has 0 rings (SSSR count). The highest BCUT2D eigenvalue weighted by atomic mass is 35.5. The number of halogens is 1. The third-order valence-corrected chi connectivity index (χ3v) is 0.740. The van der Waals surface area contributed by atoms with E-state index in [-0.39, 0.29) is 11.8 Å². The Morgan fingerprint density at radius 2 is 2.50 bits per heavy atom. The van der Waals surface area contributed by atoms with Gasteiger partial charge < -0.3 is 0 Å². The van der Waals surface area contributed by atoms with Crippen LogP contribution in [0.5, 0.6) is 0 Å². The molecule has 0 aromatic carbocycles. The summed E-state index contributed by atoms with van der Waals surface area (Å²) in [6.07, 6.45) is 1.55. The standard InChI is InChI=1S/C5H7ClNO/c1-2-3-7-5(8)4-6/h2H,1,3-4H2. The van der Waals surface area contributed by atoms with Crippen LogP contribution < -0.4 is 5.32 Å². The van der Waals surface area contributed by atoms with Crippen molar-refractivity contribution >= 4 is 17.5 Å². The van der Waals surface area contributed by atoms with Crippen LogP contribution in [0.4, 0.5) is 0 Å². The van der Waals surface area contributed by atoms with E-state index in [1.807, 2.05) is 0 Å². The molecule has 0 aliphatic carbocycles. The van der Waals surface area contributed by atoms with Crippen molar-refractivity contribution in [1.82, 2.24) is 5.32 Å². The van der Waals surface area contributed by atoms with Crippen LogP contribution in [0.25, 0.3) is 0 Å². The average molecular weight is 133 g/mol. The summed E-state index contributed by atoms with van der Waals surface area (Å²) in [5, 5.41) is 3.47. The molecule has 0 saturated carbocycles. The van der Waals surface area contributed by atoms with Gasteiger partial charge in [-0.25, -0.2) is 5.32 Å². The van der Waals surface area contributed by atoms with Crippen molar-refractivity contribution in [3.63, 3.8) is 0 Å². The van der Waals surface area contributed by atoms with Crippen molar-refractivity contribution < 1.29 is 4.79 Å². The van der Waals surface area contributed by atoms with Gasteiger partial charge in [-0.15, -0.1) is 18.2 Å². The second-order valence-electron chi connectivity index (χ2n) is 1.16. The van der Waals surface area contributed by atoms with Gasteiger partial charge in [-0.1, -0.05) is 6.08 Å². The lowest BCUT2D eigenvalue weighted by molar-refractivity contribution is -0.118. The molecule has 1 radical (unpaired) electrons. The van der Waals surface area contributed by atoms with Gasteiger partial charge in [0.05, 0.1) is 6.54 Å². The molecule has 0 N–H and O–H groups in total. The van der Waals surface area contributed by atoms with Crippen LogP contribution in [0.2, 0.25) is 0 Å². The minimum absolute atomic E-state index is 0.0339. The summed E-state index contributed by atoms with van der Waals surface area (Å²) in [6.45, 7) is 3.74. The molecule has 0 bridgehead atoms. The van der Waals surface area contributed by atoms with E-state index in [0.717, 1.165) is 0 Å². The van der Waals surface area contributed by atoms with E-state index in [4.69, 9.17) is 11.6 Å². The maximum Gasteiger partial charge on any atom is 0.256 e. The van der Waals surface area contributed by atoms with Gasteiger partial charge in [0, 0.05) is 0 Å². The molecule has 0 heterocycles. The number of carbonyl (C=O) groups excluding carboxylic acids is 1. The predicted octanol–water partition coefficient (Wildman–Crippen LogP) is 0.542. The van der Waals surface area contributed by atoms with E-state index in [0.29, 0.717) is 6.54 Å². The third-order valence-electron chi connectivity index (χ3n) is 0.511. The number of hydrogen-bond acceptors (Lipinski definition) is 1. The number of carbonyl (C=O) groups is 1. The van der Waals surface area contributed by atoms with Gasteiger partial charge in [-0.2, -0.15) is 0 Å². The fraction of sp³-hybridized carbons (Fsp3) is 0.400. The van der Waals surface area contributed by atoms with Crippen LogP contribution in [0.15, 0.2) is 12.7 Å². The zero-order chi connectivity index (χ0) is 6.41. The van der Waals surface area contributed by atoms with E-state index in [1.165, 1.54) is 0 Å². The Labute approximate surface area is 53.5 Å². The number of amides is 1. The summed E-state index contributed by atoms with van der Waals surface area (Å²) >= 11 is 5.11. The SMILES string of the molecule is C=CC[N]C(=O)CCl. The quantitative estimate of drug-likeness (QED) is 0.408. The van der Waals surface area contributed by atoms with Crippen molar-refractivity contribution in [2.45, 2.75) is 0 Å². The molecule has 0 fully saturated rings. The summed E-state index contributed by atoms with van der Waals surface area (Å²) in [6, 6.07) is 0. The Balaban J connectivity index is 3.11. The van der Waals surface area contributed by atoms with E-state index in [9.17, 15) is 4.79 Å². The summed E-state index contributed by atoms with van der Waals surface area (Å²) in [5.41, 5.74) is 0. The average Bonchev–Trinajstić information content (AvgIpc) is 1.83. The van der Waals surface area contributed by atoms with Crippen molar-refractivity contribution in [3.8, 4) is 0 Å². The Bertz CT molecular complexity index is 92.4. The molecule has 0 aliphatic rings. The van der Waals surface area contributed by atoms with Gasteiger partial charge in [-0.3, -0.25) is 4.79 Å². The predicted molar refractivity (Wildman–Crippen MR) is 32.9 cm³/mol. The van der Waals surface area contributed by atoms with Gasteiger partial charge in [0.1, 0.15) is 5.88 Å². The molecule has 1 amide bonds. The molecule has 3 heteroatoms. The number of hydrogen-bond donors (Lipinski definition) is 0. The number of alkyl halides is 1. The zero-order valence-corrected chi connectivity index (χ0v) is 5.19. The van der Waals surface area contributed by atoms with E-state index < -0.39 is 0 Å². The fourth-order valence-corrected chi connectivity index (χ4v) is 0.293. The summed E-state index contributed by atoms with van der Waals surface area (Å²) in [7, 11) is 0. The van der Waals surface area contributed by atoms with Crippen molar-refractivity contribution in [2.24, 2.45) is 0 Å². The van der Waals surface area contributed by atoms with Crippen molar-refractivity contribution in [1.29, 1.82) is 0 Å². The lowest BCUT2D eigenvalue weighted by Gasteiger charge is -1.89. The first kappa shape index (κ1) is 7.50. The minimum atomic E-state index is -0.286. The Hall–Kier alpha value is -0.500. The van der Waals surface area contributed by atoms with E-state index >= 15 is 0 Å². The summed E-state index contributed by atoms with van der Waals surface area (Å²) < 4.78 is 0. The lowest BCUT2D eigenvalue weighted by atomic mass is 10.6. The molecule has 0 saturated heterocycles. The Kier molecular flexibility index (Phi) is 4.36. The van der Waals surface area contributed by atoms with Gasteiger partial charge in [0.15, 0.2) is 0 Å². The van der Waals surface area contributed by atoms with Crippen LogP contribution in [-0.4, -0.2) is 18.3 Å². The smallest absolute Gasteiger partial charge is 0.256 e. The highest BCUT2D eigenvalue weighted by Crippen LogP contribution is 1.74. The highest BCUT2D eigenvalue weighted by molar-refractivity contribution is 6.27. The first-order valence-electron chi connectivity index (χ1n) is 2.18. The maximum absolute atomic E-state index is 10.2. The first-order valence-corrected chi connectivity index (χ1v) is 2.72. The second kappa shape index (κ2) is 4.65. The van der Waals surface area contributed by atoms with Crippen LogP contribution in [0.1, 0.15) is 0 Å². The highest BCUT2D eigenvalue weighted by Gasteiger charge is 1.94. The van der Waals surface area contributed by atoms with Gasteiger partial charge in [0.2, 0.25) is 0 Å². The molecular weight excluding hydrogens is 126 g/mol. The molecule has 0 spiro atoms. The molecule has 0 unspecified atom stereocenters. The molecule has 45 valence electrons. The van der Waals surface area contributed by atoms with Crippen molar-refractivity contribution in [3.05, 3.63) is 12.7 Å². The van der Waals surface area contributed by atoms with Crippen molar-refractivity contribution in [2.75, 3.05) is 12.4 Å². The number of nitrogens with zero attached hydrogens (tertiary/aromatic N) is 1. The largest absolute Gasteiger partial charge is 0.272 e. The second-order valence-corrected chi connectivity index (χ2v) is 1.42. The van der Waals surface area contributed by atoms with Gasteiger partial charge >= 0.3 is 0 Å². The molecule has 2 nitrogen and oxygen atoms in total. The van der Waals surface area contributed by atoms with Gasteiger partial charge in [-0.05, 0) is 0 Å². The molecule has 8 heavy (non-hydrogen) atoms. The third kappa shape index (κ3) is 3.68. The first-order chi connectivity index (χ1) is 3.81.